The molecule has 0 saturated heterocycles. The van der Waals surface area contributed by atoms with Gasteiger partial charge in [0.05, 0.1) is 10.9 Å². The van der Waals surface area contributed by atoms with Gasteiger partial charge in [-0.1, -0.05) is 49.3 Å². The first-order valence-corrected chi connectivity index (χ1v) is 8.77. The molecular weight excluding hydrogens is 314 g/mol. The molecule has 5 nitrogen and oxygen atoms in total. The van der Waals surface area contributed by atoms with Crippen molar-refractivity contribution in [3.8, 4) is 11.3 Å². The van der Waals surface area contributed by atoms with Crippen LogP contribution < -0.4 is 5.32 Å². The van der Waals surface area contributed by atoms with Crippen molar-refractivity contribution in [2.24, 2.45) is 5.92 Å². The van der Waals surface area contributed by atoms with E-state index in [1.165, 1.54) is 0 Å². The molecule has 1 fully saturated rings. The minimum atomic E-state index is -0.0941. The van der Waals surface area contributed by atoms with Gasteiger partial charge in [-0.3, -0.25) is 4.79 Å². The molecule has 1 N–H and O–H groups in total. The standard InChI is InChI=1S/C20H21N3O2/c1-12(2)11-21-19(24)15-10-16(13-8-9-13)22-20-17(15)18(23-25-20)14-6-4-3-5-7-14/h3-7,10,12-13H,8-9,11H2,1-2H3,(H,21,24). The Bertz CT molecular complexity index is 911. The van der Waals surface area contributed by atoms with Crippen molar-refractivity contribution in [3.63, 3.8) is 0 Å². The topological polar surface area (TPSA) is 68.0 Å². The van der Waals surface area contributed by atoms with E-state index in [0.717, 1.165) is 24.1 Å². The molecule has 0 atom stereocenters. The smallest absolute Gasteiger partial charge is 0.259 e. The maximum atomic E-state index is 12.8. The van der Waals surface area contributed by atoms with E-state index in [9.17, 15) is 4.79 Å². The van der Waals surface area contributed by atoms with Crippen LogP contribution in [0.15, 0.2) is 40.9 Å². The monoisotopic (exact) mass is 335 g/mol. The molecule has 25 heavy (non-hydrogen) atoms. The van der Waals surface area contributed by atoms with Gasteiger partial charge in [-0.25, -0.2) is 4.98 Å². The first kappa shape index (κ1) is 15.8. The average molecular weight is 335 g/mol. The Morgan fingerprint density at radius 3 is 2.72 bits per heavy atom. The number of benzene rings is 1. The molecule has 4 rings (SSSR count). The normalized spacial score (nSPS) is 14.2. The van der Waals surface area contributed by atoms with Crippen LogP contribution in [0.3, 0.4) is 0 Å². The zero-order valence-corrected chi connectivity index (χ0v) is 14.5. The van der Waals surface area contributed by atoms with Crippen molar-refractivity contribution in [3.05, 3.63) is 47.7 Å². The lowest BCUT2D eigenvalue weighted by atomic mass is 10.0. The van der Waals surface area contributed by atoms with Crippen LogP contribution in [0.2, 0.25) is 0 Å². The van der Waals surface area contributed by atoms with E-state index in [1.807, 2.05) is 36.4 Å². The van der Waals surface area contributed by atoms with Gasteiger partial charge < -0.3 is 9.84 Å². The third-order valence-electron chi connectivity index (χ3n) is 4.42. The molecule has 3 aromatic rings. The fourth-order valence-electron chi connectivity index (χ4n) is 2.92. The van der Waals surface area contributed by atoms with Crippen LogP contribution >= 0.6 is 0 Å². The molecule has 0 aliphatic heterocycles. The Labute approximate surface area is 146 Å². The molecule has 2 aromatic heterocycles. The highest BCUT2D eigenvalue weighted by Gasteiger charge is 2.29. The predicted molar refractivity (Wildman–Crippen MR) is 96.4 cm³/mol. The van der Waals surface area contributed by atoms with Crippen LogP contribution in [0.5, 0.6) is 0 Å². The van der Waals surface area contributed by atoms with Crippen LogP contribution in [-0.2, 0) is 0 Å². The van der Waals surface area contributed by atoms with Gasteiger partial charge in [-0.2, -0.15) is 0 Å². The van der Waals surface area contributed by atoms with E-state index in [0.29, 0.717) is 40.7 Å². The molecule has 1 aliphatic rings. The average Bonchev–Trinajstić information content (AvgIpc) is 3.39. The van der Waals surface area contributed by atoms with Crippen LogP contribution in [-0.4, -0.2) is 22.6 Å². The predicted octanol–water partition coefficient (Wildman–Crippen LogP) is 4.15. The summed E-state index contributed by atoms with van der Waals surface area (Å²) in [4.78, 5) is 17.4. The lowest BCUT2D eigenvalue weighted by molar-refractivity contribution is 0.0950. The van der Waals surface area contributed by atoms with Crippen molar-refractivity contribution in [2.75, 3.05) is 6.54 Å². The molecule has 128 valence electrons. The number of aromatic nitrogens is 2. The number of nitrogens with one attached hydrogen (secondary N) is 1. The van der Waals surface area contributed by atoms with Gasteiger partial charge in [0.25, 0.3) is 11.6 Å². The summed E-state index contributed by atoms with van der Waals surface area (Å²) in [5.74, 6) is 0.731. The number of carbonyl (C=O) groups excluding carboxylic acids is 1. The van der Waals surface area contributed by atoms with E-state index >= 15 is 0 Å². The Kier molecular flexibility index (Phi) is 3.99. The van der Waals surface area contributed by atoms with Gasteiger partial charge in [0.2, 0.25) is 0 Å². The fraction of sp³-hybridized carbons (Fsp3) is 0.350. The molecular formula is C20H21N3O2. The summed E-state index contributed by atoms with van der Waals surface area (Å²) in [7, 11) is 0. The summed E-state index contributed by atoms with van der Waals surface area (Å²) in [6.07, 6.45) is 2.23. The molecule has 1 aromatic carbocycles. The number of amides is 1. The fourth-order valence-corrected chi connectivity index (χ4v) is 2.92. The lowest BCUT2D eigenvalue weighted by Gasteiger charge is -2.10. The zero-order chi connectivity index (χ0) is 17.4. The first-order chi connectivity index (χ1) is 12.1. The maximum absolute atomic E-state index is 12.8. The van der Waals surface area contributed by atoms with E-state index in [4.69, 9.17) is 4.52 Å². The third kappa shape index (κ3) is 3.14. The summed E-state index contributed by atoms with van der Waals surface area (Å²) in [6.45, 7) is 4.78. The van der Waals surface area contributed by atoms with Crippen LogP contribution in [0.25, 0.3) is 22.4 Å². The van der Waals surface area contributed by atoms with E-state index in [2.05, 4.69) is 29.3 Å². The molecule has 1 amide bonds. The van der Waals surface area contributed by atoms with Crippen molar-refractivity contribution in [2.45, 2.75) is 32.6 Å². The summed E-state index contributed by atoms with van der Waals surface area (Å²) in [5, 5.41) is 7.91. The van der Waals surface area contributed by atoms with Gasteiger partial charge in [0.1, 0.15) is 5.69 Å². The molecule has 1 aliphatic carbocycles. The Hall–Kier alpha value is -2.69. The van der Waals surface area contributed by atoms with Crippen molar-refractivity contribution in [1.29, 1.82) is 0 Å². The number of fused-ring (bicyclic) bond motifs is 1. The van der Waals surface area contributed by atoms with E-state index in [-0.39, 0.29) is 5.91 Å². The third-order valence-corrected chi connectivity index (χ3v) is 4.42. The van der Waals surface area contributed by atoms with Gasteiger partial charge in [-0.05, 0) is 24.8 Å². The SMILES string of the molecule is CC(C)CNC(=O)c1cc(C2CC2)nc2onc(-c3ccccc3)c12. The number of nitrogens with zero attached hydrogens (tertiary/aromatic N) is 2. The Morgan fingerprint density at radius 2 is 2.04 bits per heavy atom. The van der Waals surface area contributed by atoms with Gasteiger partial charge in [0.15, 0.2) is 0 Å². The number of carbonyl (C=O) groups is 1. The van der Waals surface area contributed by atoms with Gasteiger partial charge >= 0.3 is 0 Å². The molecule has 0 bridgehead atoms. The number of rotatable bonds is 5. The van der Waals surface area contributed by atoms with Crippen molar-refractivity contribution >= 4 is 17.0 Å². The molecule has 0 radical (unpaired) electrons. The summed E-state index contributed by atoms with van der Waals surface area (Å²) < 4.78 is 5.50. The number of hydrogen-bond acceptors (Lipinski definition) is 4. The quantitative estimate of drug-likeness (QED) is 0.760. The van der Waals surface area contributed by atoms with Crippen molar-refractivity contribution < 1.29 is 9.32 Å². The summed E-state index contributed by atoms with van der Waals surface area (Å²) in [5.41, 5.74) is 3.56. The highest BCUT2D eigenvalue weighted by atomic mass is 16.5. The lowest BCUT2D eigenvalue weighted by Crippen LogP contribution is -2.27. The van der Waals surface area contributed by atoms with Gasteiger partial charge in [-0.15, -0.1) is 0 Å². The number of hydrogen-bond donors (Lipinski definition) is 1. The second-order valence-electron chi connectivity index (χ2n) is 7.05. The minimum Gasteiger partial charge on any atom is -0.352 e. The first-order valence-electron chi connectivity index (χ1n) is 8.77. The van der Waals surface area contributed by atoms with Gasteiger partial charge in [0, 0.05) is 23.7 Å². The maximum Gasteiger partial charge on any atom is 0.259 e. The molecule has 2 heterocycles. The molecule has 5 heteroatoms. The minimum absolute atomic E-state index is 0.0941. The van der Waals surface area contributed by atoms with E-state index < -0.39 is 0 Å². The summed E-state index contributed by atoms with van der Waals surface area (Å²) in [6, 6.07) is 11.7. The second-order valence-corrected chi connectivity index (χ2v) is 7.05. The van der Waals surface area contributed by atoms with E-state index in [1.54, 1.807) is 0 Å². The van der Waals surface area contributed by atoms with Crippen LogP contribution in [0.1, 0.15) is 48.7 Å². The molecule has 1 saturated carbocycles. The van der Waals surface area contributed by atoms with Crippen LogP contribution in [0.4, 0.5) is 0 Å². The molecule has 0 spiro atoms. The van der Waals surface area contributed by atoms with Crippen LogP contribution in [0, 0.1) is 5.92 Å². The van der Waals surface area contributed by atoms with Crippen molar-refractivity contribution in [1.82, 2.24) is 15.5 Å². The zero-order valence-electron chi connectivity index (χ0n) is 14.5. The Morgan fingerprint density at radius 1 is 1.28 bits per heavy atom. The molecule has 0 unspecified atom stereocenters. The highest BCUT2D eigenvalue weighted by molar-refractivity contribution is 6.09. The highest BCUT2D eigenvalue weighted by Crippen LogP contribution is 2.41. The number of pyridine rings is 1. The Balaban J connectivity index is 1.84. The second kappa shape index (κ2) is 6.31. The largest absolute Gasteiger partial charge is 0.352 e. The summed E-state index contributed by atoms with van der Waals surface area (Å²) >= 11 is 0.